The molecule has 1 amide bonds. The number of amides is 1. The fourth-order valence-corrected chi connectivity index (χ4v) is 3.19. The van der Waals surface area contributed by atoms with E-state index < -0.39 is 18.2 Å². The third-order valence-corrected chi connectivity index (χ3v) is 5.20. The molecule has 0 aliphatic heterocycles. The minimum atomic E-state index is -0.574. The van der Waals surface area contributed by atoms with Crippen LogP contribution in [0, 0.1) is 0 Å². The van der Waals surface area contributed by atoms with Gasteiger partial charge < -0.3 is 19.3 Å². The maximum atomic E-state index is 12.5. The highest BCUT2D eigenvalue weighted by atomic mass is 32.2. The molecule has 0 aromatic heterocycles. The fourth-order valence-electron chi connectivity index (χ4n) is 2.69. The Morgan fingerprint density at radius 1 is 1.10 bits per heavy atom. The minimum absolute atomic E-state index is 0.0208. The van der Waals surface area contributed by atoms with Gasteiger partial charge in [-0.25, -0.2) is 4.79 Å². The number of ether oxygens (including phenoxy) is 3. The molecular formula is C22H27NO6S2. The van der Waals surface area contributed by atoms with Gasteiger partial charge in [-0.1, -0.05) is 12.1 Å². The van der Waals surface area contributed by atoms with Crippen LogP contribution in [0.15, 0.2) is 53.4 Å². The molecule has 31 heavy (non-hydrogen) atoms. The molecule has 0 bridgehead atoms. The standard InChI is InChI=1S/C22H27NO6S2/c1-31-19-10-6-17(7-11-19)23-22(26)29-20(3-2-13-28-21(25)15-30)16-4-8-18(9-5-16)27-14-12-24/h4-11,20,24,30H,2-3,12-15H2,1H3,(H,23,26)/t20-/m0/s1. The van der Waals surface area contributed by atoms with Crippen LogP contribution in [0.2, 0.25) is 0 Å². The van der Waals surface area contributed by atoms with Crippen LogP contribution < -0.4 is 10.1 Å². The lowest BCUT2D eigenvalue weighted by Crippen LogP contribution is -2.18. The number of nitrogens with one attached hydrogen (secondary N) is 1. The van der Waals surface area contributed by atoms with E-state index in [9.17, 15) is 9.59 Å². The van der Waals surface area contributed by atoms with Crippen molar-refractivity contribution in [2.24, 2.45) is 0 Å². The molecule has 0 radical (unpaired) electrons. The second kappa shape index (κ2) is 13.8. The summed E-state index contributed by atoms with van der Waals surface area (Å²) >= 11 is 5.49. The summed E-state index contributed by atoms with van der Waals surface area (Å²) in [6.45, 7) is 0.346. The summed E-state index contributed by atoms with van der Waals surface area (Å²) < 4.78 is 16.1. The molecule has 2 aromatic carbocycles. The van der Waals surface area contributed by atoms with Gasteiger partial charge in [0.2, 0.25) is 0 Å². The average Bonchev–Trinajstić information content (AvgIpc) is 2.80. The second-order valence-electron chi connectivity index (χ2n) is 6.41. The maximum Gasteiger partial charge on any atom is 0.412 e. The second-order valence-corrected chi connectivity index (χ2v) is 7.61. The number of anilines is 1. The van der Waals surface area contributed by atoms with Gasteiger partial charge in [-0.05, 0) is 61.1 Å². The van der Waals surface area contributed by atoms with Crippen LogP contribution in [0.25, 0.3) is 0 Å². The van der Waals surface area contributed by atoms with E-state index in [2.05, 4.69) is 17.9 Å². The quantitative estimate of drug-likeness (QED) is 0.186. The molecular weight excluding hydrogens is 438 g/mol. The molecule has 0 aliphatic rings. The molecule has 0 fully saturated rings. The van der Waals surface area contributed by atoms with E-state index in [0.29, 0.717) is 24.3 Å². The van der Waals surface area contributed by atoms with Crippen LogP contribution in [-0.2, 0) is 14.3 Å². The van der Waals surface area contributed by atoms with Gasteiger partial charge in [0.25, 0.3) is 0 Å². The highest BCUT2D eigenvalue weighted by Crippen LogP contribution is 2.26. The number of benzene rings is 2. The molecule has 0 saturated heterocycles. The Balaban J connectivity index is 2.01. The van der Waals surface area contributed by atoms with Gasteiger partial charge in [-0.3, -0.25) is 10.1 Å². The molecule has 0 aliphatic carbocycles. The number of thiol groups is 1. The number of carbonyl (C=O) groups is 2. The number of hydrogen-bond acceptors (Lipinski definition) is 8. The zero-order valence-corrected chi connectivity index (χ0v) is 19.0. The van der Waals surface area contributed by atoms with Gasteiger partial charge in [-0.15, -0.1) is 11.8 Å². The summed E-state index contributed by atoms with van der Waals surface area (Å²) in [7, 11) is 0. The smallest absolute Gasteiger partial charge is 0.412 e. The zero-order valence-electron chi connectivity index (χ0n) is 17.3. The predicted octanol–water partition coefficient (Wildman–Crippen LogP) is 4.32. The van der Waals surface area contributed by atoms with Crippen LogP contribution >= 0.6 is 24.4 Å². The Bertz CT molecular complexity index is 814. The molecule has 2 aromatic rings. The van der Waals surface area contributed by atoms with Crippen LogP contribution in [0.1, 0.15) is 24.5 Å². The van der Waals surface area contributed by atoms with Crippen molar-refractivity contribution in [3.8, 4) is 5.75 Å². The van der Waals surface area contributed by atoms with Crippen molar-refractivity contribution >= 4 is 42.1 Å². The summed E-state index contributed by atoms with van der Waals surface area (Å²) in [5.74, 6) is 0.239. The monoisotopic (exact) mass is 465 g/mol. The van der Waals surface area contributed by atoms with E-state index in [-0.39, 0.29) is 25.6 Å². The summed E-state index contributed by atoms with van der Waals surface area (Å²) in [6, 6.07) is 14.6. The van der Waals surface area contributed by atoms with Gasteiger partial charge in [0, 0.05) is 10.6 Å². The summed E-state index contributed by atoms with van der Waals surface area (Å²) in [5.41, 5.74) is 1.42. The van der Waals surface area contributed by atoms with Crippen molar-refractivity contribution in [2.75, 3.05) is 37.1 Å². The van der Waals surface area contributed by atoms with Gasteiger partial charge >= 0.3 is 12.1 Å². The Labute approximate surface area is 191 Å². The van der Waals surface area contributed by atoms with E-state index >= 15 is 0 Å². The Kier molecular flexibility index (Phi) is 11.1. The third-order valence-electron chi connectivity index (χ3n) is 4.20. The fraction of sp³-hybridized carbons (Fsp3) is 0.364. The van der Waals surface area contributed by atoms with Crippen molar-refractivity contribution in [1.82, 2.24) is 0 Å². The molecule has 9 heteroatoms. The minimum Gasteiger partial charge on any atom is -0.491 e. The topological polar surface area (TPSA) is 94.1 Å². The molecule has 2 N–H and O–H groups in total. The van der Waals surface area contributed by atoms with Gasteiger partial charge in [0.1, 0.15) is 18.5 Å². The Morgan fingerprint density at radius 3 is 2.42 bits per heavy atom. The largest absolute Gasteiger partial charge is 0.491 e. The number of rotatable bonds is 12. The van der Waals surface area contributed by atoms with E-state index in [0.717, 1.165) is 10.5 Å². The van der Waals surface area contributed by atoms with Gasteiger partial charge in [-0.2, -0.15) is 12.6 Å². The normalized spacial score (nSPS) is 11.5. The summed E-state index contributed by atoms with van der Waals surface area (Å²) in [5, 5.41) is 11.6. The van der Waals surface area contributed by atoms with Crippen LogP contribution in [0.5, 0.6) is 5.75 Å². The molecule has 1 atom stereocenters. The van der Waals surface area contributed by atoms with E-state index in [1.165, 1.54) is 0 Å². The van der Waals surface area contributed by atoms with Crippen LogP contribution in [0.4, 0.5) is 10.5 Å². The maximum absolute atomic E-state index is 12.5. The molecule has 0 saturated carbocycles. The lowest BCUT2D eigenvalue weighted by atomic mass is 10.0. The SMILES string of the molecule is CSc1ccc(NC(=O)O[C@@H](CCCOC(=O)CS)c2ccc(OCCO)cc2)cc1. The van der Waals surface area contributed by atoms with Crippen LogP contribution in [-0.4, -0.2) is 49.0 Å². The Hall–Kier alpha value is -2.36. The molecule has 0 heterocycles. The van der Waals surface area contributed by atoms with Crippen molar-refractivity contribution in [2.45, 2.75) is 23.8 Å². The molecule has 168 valence electrons. The number of aliphatic hydroxyl groups excluding tert-OH is 1. The van der Waals surface area contributed by atoms with Crippen molar-refractivity contribution in [3.05, 3.63) is 54.1 Å². The summed E-state index contributed by atoms with van der Waals surface area (Å²) in [4.78, 5) is 24.8. The molecule has 7 nitrogen and oxygen atoms in total. The number of carbonyl (C=O) groups excluding carboxylic acids is 2. The zero-order chi connectivity index (χ0) is 22.5. The van der Waals surface area contributed by atoms with Gasteiger partial charge in [0.05, 0.1) is 19.0 Å². The first kappa shape index (κ1) is 24.9. The van der Waals surface area contributed by atoms with E-state index in [1.807, 2.05) is 30.5 Å². The van der Waals surface area contributed by atoms with Crippen molar-refractivity contribution in [1.29, 1.82) is 0 Å². The lowest BCUT2D eigenvalue weighted by Gasteiger charge is -2.19. The number of aliphatic hydroxyl groups is 1. The average molecular weight is 466 g/mol. The first-order valence-electron chi connectivity index (χ1n) is 9.77. The first-order valence-corrected chi connectivity index (χ1v) is 11.6. The lowest BCUT2D eigenvalue weighted by molar-refractivity contribution is -0.140. The van der Waals surface area contributed by atoms with Gasteiger partial charge in [0.15, 0.2) is 0 Å². The highest BCUT2D eigenvalue weighted by molar-refractivity contribution is 7.98. The molecule has 0 spiro atoms. The first-order chi connectivity index (χ1) is 15.0. The van der Waals surface area contributed by atoms with E-state index in [4.69, 9.17) is 19.3 Å². The third kappa shape index (κ3) is 9.12. The van der Waals surface area contributed by atoms with Crippen LogP contribution in [0.3, 0.4) is 0 Å². The summed E-state index contributed by atoms with van der Waals surface area (Å²) in [6.07, 6.45) is 1.86. The Morgan fingerprint density at radius 2 is 1.81 bits per heavy atom. The number of thioether (sulfide) groups is 1. The number of hydrogen-bond donors (Lipinski definition) is 3. The van der Waals surface area contributed by atoms with Crippen molar-refractivity contribution < 1.29 is 28.9 Å². The molecule has 2 rings (SSSR count). The molecule has 0 unspecified atom stereocenters. The van der Waals surface area contributed by atoms with Crippen molar-refractivity contribution in [3.63, 3.8) is 0 Å². The predicted molar refractivity (Wildman–Crippen MR) is 124 cm³/mol. The number of esters is 1. The highest BCUT2D eigenvalue weighted by Gasteiger charge is 2.18. The van der Waals surface area contributed by atoms with E-state index in [1.54, 1.807) is 36.0 Å².